The number of nitrogens with zero attached hydrogens (tertiary/aromatic N) is 1. The van der Waals surface area contributed by atoms with Crippen molar-refractivity contribution in [3.05, 3.63) is 78.6 Å². The number of para-hydroxylation sites is 1. The zero-order chi connectivity index (χ0) is 19.6. The van der Waals surface area contributed by atoms with Crippen LogP contribution in [0.25, 0.3) is 0 Å². The number of methoxy groups -OCH3 is 1. The molecule has 6 nitrogen and oxygen atoms in total. The maximum Gasteiger partial charge on any atom is 0.257 e. The summed E-state index contributed by atoms with van der Waals surface area (Å²) in [5, 5.41) is 6.10. The van der Waals surface area contributed by atoms with E-state index >= 15 is 0 Å². The molecule has 0 aliphatic heterocycles. The molecule has 1 amide bonds. The van der Waals surface area contributed by atoms with E-state index in [1.165, 1.54) is 0 Å². The van der Waals surface area contributed by atoms with Gasteiger partial charge in [-0.05, 0) is 48.9 Å². The molecule has 0 spiro atoms. The lowest BCUT2D eigenvalue weighted by atomic mass is 10.2. The molecule has 0 atom stereocenters. The summed E-state index contributed by atoms with van der Waals surface area (Å²) in [7, 11) is 1.67. The summed E-state index contributed by atoms with van der Waals surface area (Å²) >= 11 is 0. The SMILES string of the molecule is COCCCNc1cncc(C(=O)Nc2ccc(Oc3ccccc3)cc2)c1. The van der Waals surface area contributed by atoms with Gasteiger partial charge in [0.1, 0.15) is 11.5 Å². The van der Waals surface area contributed by atoms with E-state index in [1.54, 1.807) is 37.7 Å². The van der Waals surface area contributed by atoms with E-state index in [9.17, 15) is 4.79 Å². The van der Waals surface area contributed by atoms with E-state index < -0.39 is 0 Å². The Morgan fingerprint density at radius 2 is 1.71 bits per heavy atom. The third-order valence-electron chi connectivity index (χ3n) is 3.95. The number of aromatic nitrogens is 1. The molecule has 1 aromatic heterocycles. The van der Waals surface area contributed by atoms with Gasteiger partial charge in [0.25, 0.3) is 5.91 Å². The van der Waals surface area contributed by atoms with Crippen molar-refractivity contribution in [2.75, 3.05) is 30.9 Å². The second-order valence-electron chi connectivity index (χ2n) is 6.13. The minimum absolute atomic E-state index is 0.218. The van der Waals surface area contributed by atoms with Crippen molar-refractivity contribution in [3.8, 4) is 11.5 Å². The highest BCUT2D eigenvalue weighted by atomic mass is 16.5. The van der Waals surface area contributed by atoms with Gasteiger partial charge in [0.05, 0.1) is 11.3 Å². The summed E-state index contributed by atoms with van der Waals surface area (Å²) in [6, 6.07) is 18.6. The Morgan fingerprint density at radius 1 is 0.964 bits per heavy atom. The summed E-state index contributed by atoms with van der Waals surface area (Å²) in [5.74, 6) is 1.25. The Labute approximate surface area is 164 Å². The van der Waals surface area contributed by atoms with E-state index in [2.05, 4.69) is 15.6 Å². The minimum atomic E-state index is -0.218. The minimum Gasteiger partial charge on any atom is -0.457 e. The molecule has 0 saturated carbocycles. The van der Waals surface area contributed by atoms with Crippen LogP contribution >= 0.6 is 0 Å². The molecule has 28 heavy (non-hydrogen) atoms. The topological polar surface area (TPSA) is 72.5 Å². The first-order valence-electron chi connectivity index (χ1n) is 9.07. The average Bonchev–Trinajstić information content (AvgIpc) is 2.74. The molecular weight excluding hydrogens is 354 g/mol. The van der Waals surface area contributed by atoms with E-state index in [0.717, 1.165) is 24.4 Å². The van der Waals surface area contributed by atoms with Gasteiger partial charge >= 0.3 is 0 Å². The highest BCUT2D eigenvalue weighted by Crippen LogP contribution is 2.23. The molecule has 3 aromatic rings. The monoisotopic (exact) mass is 377 g/mol. The van der Waals surface area contributed by atoms with Crippen LogP contribution in [-0.4, -0.2) is 31.2 Å². The number of carbonyl (C=O) groups is 1. The smallest absolute Gasteiger partial charge is 0.257 e. The van der Waals surface area contributed by atoms with Crippen molar-refractivity contribution in [2.24, 2.45) is 0 Å². The number of rotatable bonds is 9. The molecule has 6 heteroatoms. The second-order valence-corrected chi connectivity index (χ2v) is 6.13. The van der Waals surface area contributed by atoms with Crippen LogP contribution in [0.5, 0.6) is 11.5 Å². The molecule has 0 saturated heterocycles. The third kappa shape index (κ3) is 5.82. The van der Waals surface area contributed by atoms with Gasteiger partial charge in [-0.3, -0.25) is 9.78 Å². The average molecular weight is 377 g/mol. The first-order chi connectivity index (χ1) is 13.7. The number of carbonyl (C=O) groups excluding carboxylic acids is 1. The van der Waals surface area contributed by atoms with Crippen molar-refractivity contribution in [1.29, 1.82) is 0 Å². The Hall–Kier alpha value is -3.38. The van der Waals surface area contributed by atoms with E-state index in [-0.39, 0.29) is 5.91 Å². The number of hydrogen-bond donors (Lipinski definition) is 2. The number of ether oxygens (including phenoxy) is 2. The molecule has 2 N–H and O–H groups in total. The van der Waals surface area contributed by atoms with Gasteiger partial charge in [-0.25, -0.2) is 0 Å². The normalized spacial score (nSPS) is 10.3. The summed E-state index contributed by atoms with van der Waals surface area (Å²) < 4.78 is 10.8. The molecule has 0 aliphatic carbocycles. The third-order valence-corrected chi connectivity index (χ3v) is 3.95. The molecular formula is C22H23N3O3. The largest absolute Gasteiger partial charge is 0.457 e. The number of anilines is 2. The van der Waals surface area contributed by atoms with Crippen molar-refractivity contribution >= 4 is 17.3 Å². The number of nitrogens with one attached hydrogen (secondary N) is 2. The van der Waals surface area contributed by atoms with Gasteiger partial charge in [-0.15, -0.1) is 0 Å². The summed E-state index contributed by atoms with van der Waals surface area (Å²) in [4.78, 5) is 16.6. The lowest BCUT2D eigenvalue weighted by molar-refractivity contribution is 0.102. The first-order valence-corrected chi connectivity index (χ1v) is 9.07. The van der Waals surface area contributed by atoms with E-state index in [1.807, 2.05) is 42.5 Å². The van der Waals surface area contributed by atoms with Crippen LogP contribution in [0.4, 0.5) is 11.4 Å². The van der Waals surface area contributed by atoms with Gasteiger partial charge in [0.2, 0.25) is 0 Å². The lowest BCUT2D eigenvalue weighted by Gasteiger charge is -2.09. The quantitative estimate of drug-likeness (QED) is 0.534. The Balaban J connectivity index is 1.57. The van der Waals surface area contributed by atoms with E-state index in [4.69, 9.17) is 9.47 Å². The molecule has 0 bridgehead atoms. The van der Waals surface area contributed by atoms with Gasteiger partial charge in [-0.1, -0.05) is 18.2 Å². The lowest BCUT2D eigenvalue weighted by Crippen LogP contribution is -2.13. The standard InChI is InChI=1S/C22H23N3O3/c1-27-13-5-12-24-19-14-17(15-23-16-19)22(26)25-18-8-10-21(11-9-18)28-20-6-3-2-4-7-20/h2-4,6-11,14-16,24H,5,12-13H2,1H3,(H,25,26). The predicted molar refractivity (Wildman–Crippen MR) is 110 cm³/mol. The number of benzene rings is 2. The van der Waals surface area contributed by atoms with E-state index in [0.29, 0.717) is 23.6 Å². The first kappa shape index (κ1) is 19.4. The van der Waals surface area contributed by atoms with Gasteiger partial charge in [-0.2, -0.15) is 0 Å². The number of pyridine rings is 1. The van der Waals surface area contributed by atoms with Crippen LogP contribution in [0.15, 0.2) is 73.1 Å². The maximum atomic E-state index is 12.5. The molecule has 2 aromatic carbocycles. The van der Waals surface area contributed by atoms with Crippen LogP contribution in [0.2, 0.25) is 0 Å². The van der Waals surface area contributed by atoms with Crippen LogP contribution in [-0.2, 0) is 4.74 Å². The van der Waals surface area contributed by atoms with Crippen LogP contribution in [0.3, 0.4) is 0 Å². The van der Waals surface area contributed by atoms with Gasteiger partial charge in [0, 0.05) is 38.3 Å². The second kappa shape index (κ2) is 10.1. The van der Waals surface area contributed by atoms with Crippen molar-refractivity contribution in [3.63, 3.8) is 0 Å². The summed E-state index contributed by atoms with van der Waals surface area (Å²) in [6.45, 7) is 1.44. The van der Waals surface area contributed by atoms with Crippen molar-refractivity contribution in [1.82, 2.24) is 4.98 Å². The van der Waals surface area contributed by atoms with Crippen molar-refractivity contribution in [2.45, 2.75) is 6.42 Å². The Morgan fingerprint density at radius 3 is 2.46 bits per heavy atom. The van der Waals surface area contributed by atoms with Crippen molar-refractivity contribution < 1.29 is 14.3 Å². The Bertz CT molecular complexity index is 883. The maximum absolute atomic E-state index is 12.5. The molecule has 1 heterocycles. The van der Waals surface area contributed by atoms with Crippen LogP contribution < -0.4 is 15.4 Å². The van der Waals surface area contributed by atoms with Crippen LogP contribution in [0.1, 0.15) is 16.8 Å². The van der Waals surface area contributed by atoms with Gasteiger partial charge in [0.15, 0.2) is 0 Å². The van der Waals surface area contributed by atoms with Crippen LogP contribution in [0, 0.1) is 0 Å². The molecule has 0 aliphatic rings. The van der Waals surface area contributed by atoms with Gasteiger partial charge < -0.3 is 20.1 Å². The summed E-state index contributed by atoms with van der Waals surface area (Å²) in [5.41, 5.74) is 1.97. The molecule has 0 unspecified atom stereocenters. The molecule has 0 radical (unpaired) electrons. The fraction of sp³-hybridized carbons (Fsp3) is 0.182. The fourth-order valence-corrected chi connectivity index (χ4v) is 2.54. The highest BCUT2D eigenvalue weighted by molar-refractivity contribution is 6.04. The predicted octanol–water partition coefficient (Wildman–Crippen LogP) is 4.57. The summed E-state index contributed by atoms with van der Waals surface area (Å²) in [6.07, 6.45) is 4.12. The molecule has 3 rings (SSSR count). The number of hydrogen-bond acceptors (Lipinski definition) is 5. The fourth-order valence-electron chi connectivity index (χ4n) is 2.54. The zero-order valence-corrected chi connectivity index (χ0v) is 15.7. The zero-order valence-electron chi connectivity index (χ0n) is 15.7. The number of amides is 1. The molecule has 0 fully saturated rings. The Kier molecular flexibility index (Phi) is 6.98. The molecule has 144 valence electrons. The highest BCUT2D eigenvalue weighted by Gasteiger charge is 2.08.